The highest BCUT2D eigenvalue weighted by Crippen LogP contribution is 2.22. The molecule has 21 heavy (non-hydrogen) atoms. The minimum absolute atomic E-state index is 0. The Kier molecular flexibility index (Phi) is 5.39. The van der Waals surface area contributed by atoms with Crippen LogP contribution in [0.3, 0.4) is 0 Å². The number of aryl methyl sites for hydroxylation is 1. The van der Waals surface area contributed by atoms with Crippen LogP contribution in [0.15, 0.2) is 35.7 Å². The first-order chi connectivity index (χ1) is 9.75. The minimum Gasteiger partial charge on any atom is -0.349 e. The van der Waals surface area contributed by atoms with Crippen molar-refractivity contribution in [3.05, 3.63) is 57.3 Å². The quantitative estimate of drug-likeness (QED) is 0.911. The van der Waals surface area contributed by atoms with Gasteiger partial charge in [-0.1, -0.05) is 24.3 Å². The molecule has 3 nitrogen and oxygen atoms in total. The second-order valence-corrected chi connectivity index (χ2v) is 6.01. The van der Waals surface area contributed by atoms with Gasteiger partial charge in [0.05, 0.1) is 4.88 Å². The van der Waals surface area contributed by atoms with E-state index in [1.807, 2.05) is 18.4 Å². The Hall–Kier alpha value is -1.36. The summed E-state index contributed by atoms with van der Waals surface area (Å²) in [5.41, 5.74) is 3.74. The summed E-state index contributed by atoms with van der Waals surface area (Å²) in [6, 6.07) is 10.7. The predicted molar refractivity (Wildman–Crippen MR) is 89.5 cm³/mol. The number of thiophene rings is 1. The monoisotopic (exact) mass is 322 g/mol. The molecule has 112 valence electrons. The summed E-state index contributed by atoms with van der Waals surface area (Å²) in [7, 11) is 0. The summed E-state index contributed by atoms with van der Waals surface area (Å²) in [5, 5.41) is 8.48. The first-order valence-corrected chi connectivity index (χ1v) is 7.77. The first kappa shape index (κ1) is 16.0. The first-order valence-electron chi connectivity index (χ1n) is 6.89. The zero-order valence-electron chi connectivity index (χ0n) is 11.9. The molecule has 1 aliphatic rings. The second kappa shape index (κ2) is 7.07. The molecule has 2 N–H and O–H groups in total. The van der Waals surface area contributed by atoms with E-state index in [-0.39, 0.29) is 24.4 Å². The van der Waals surface area contributed by atoms with Crippen LogP contribution in [0.25, 0.3) is 0 Å². The van der Waals surface area contributed by atoms with E-state index in [9.17, 15) is 4.79 Å². The molecule has 1 atom stereocenters. The molecule has 0 saturated heterocycles. The van der Waals surface area contributed by atoms with Gasteiger partial charge < -0.3 is 10.6 Å². The molecule has 2 heterocycles. The third-order valence-corrected chi connectivity index (χ3v) is 4.77. The van der Waals surface area contributed by atoms with E-state index in [0.29, 0.717) is 6.54 Å². The van der Waals surface area contributed by atoms with Gasteiger partial charge in [-0.25, -0.2) is 0 Å². The normalized spacial score (nSPS) is 16.7. The zero-order valence-corrected chi connectivity index (χ0v) is 13.5. The van der Waals surface area contributed by atoms with Crippen LogP contribution in [0, 0.1) is 6.92 Å². The lowest BCUT2D eigenvalue weighted by atomic mass is 9.94. The standard InChI is InChI=1S/C16H18N2OS.ClH/c1-11-7-9-20-15(11)16(19)18-10-14-13-5-3-2-4-12(13)6-8-17-14;/h2-5,7,9,14,17H,6,8,10H2,1H3,(H,18,19);1H. The highest BCUT2D eigenvalue weighted by molar-refractivity contribution is 7.12. The van der Waals surface area contributed by atoms with Crippen LogP contribution in [0.5, 0.6) is 0 Å². The largest absolute Gasteiger partial charge is 0.349 e. The number of hydrogen-bond donors (Lipinski definition) is 2. The maximum atomic E-state index is 12.2. The van der Waals surface area contributed by atoms with Gasteiger partial charge in [0.25, 0.3) is 5.91 Å². The Morgan fingerprint density at radius 2 is 2.19 bits per heavy atom. The maximum Gasteiger partial charge on any atom is 0.261 e. The van der Waals surface area contributed by atoms with Gasteiger partial charge in [0.15, 0.2) is 0 Å². The topological polar surface area (TPSA) is 41.1 Å². The van der Waals surface area contributed by atoms with Crippen molar-refractivity contribution < 1.29 is 4.79 Å². The predicted octanol–water partition coefficient (Wildman–Crippen LogP) is 3.10. The number of carbonyl (C=O) groups is 1. The molecule has 1 unspecified atom stereocenters. The second-order valence-electron chi connectivity index (χ2n) is 5.10. The molecule has 0 fully saturated rings. The van der Waals surface area contributed by atoms with Gasteiger partial charge >= 0.3 is 0 Å². The number of fused-ring (bicyclic) bond motifs is 1. The number of hydrogen-bond acceptors (Lipinski definition) is 3. The number of nitrogens with one attached hydrogen (secondary N) is 2. The van der Waals surface area contributed by atoms with E-state index in [4.69, 9.17) is 0 Å². The zero-order chi connectivity index (χ0) is 13.9. The van der Waals surface area contributed by atoms with Crippen molar-refractivity contribution in [1.82, 2.24) is 10.6 Å². The smallest absolute Gasteiger partial charge is 0.261 e. The number of amides is 1. The van der Waals surface area contributed by atoms with Gasteiger partial charge in [-0.3, -0.25) is 4.79 Å². The van der Waals surface area contributed by atoms with E-state index < -0.39 is 0 Å². The molecule has 0 saturated carbocycles. The van der Waals surface area contributed by atoms with E-state index >= 15 is 0 Å². The van der Waals surface area contributed by atoms with Gasteiger partial charge in [0.2, 0.25) is 0 Å². The molecule has 1 aromatic carbocycles. The average molecular weight is 323 g/mol. The van der Waals surface area contributed by atoms with Crippen molar-refractivity contribution in [2.75, 3.05) is 13.1 Å². The van der Waals surface area contributed by atoms with Crippen LogP contribution in [-0.4, -0.2) is 19.0 Å². The average Bonchev–Trinajstić information content (AvgIpc) is 2.91. The summed E-state index contributed by atoms with van der Waals surface area (Å²) in [6.07, 6.45) is 1.06. The van der Waals surface area contributed by atoms with Crippen LogP contribution in [-0.2, 0) is 6.42 Å². The van der Waals surface area contributed by atoms with Crippen LogP contribution < -0.4 is 10.6 Å². The number of halogens is 1. The van der Waals surface area contributed by atoms with Crippen molar-refractivity contribution in [2.45, 2.75) is 19.4 Å². The van der Waals surface area contributed by atoms with Crippen LogP contribution in [0.1, 0.15) is 32.4 Å². The fourth-order valence-corrected chi connectivity index (χ4v) is 3.50. The van der Waals surface area contributed by atoms with Crippen LogP contribution in [0.4, 0.5) is 0 Å². The Balaban J connectivity index is 0.00000161. The van der Waals surface area contributed by atoms with E-state index in [2.05, 4.69) is 34.9 Å². The van der Waals surface area contributed by atoms with Gasteiger partial charge in [-0.15, -0.1) is 23.7 Å². The van der Waals surface area contributed by atoms with Gasteiger partial charge in [0, 0.05) is 12.6 Å². The Morgan fingerprint density at radius 3 is 2.95 bits per heavy atom. The summed E-state index contributed by atoms with van der Waals surface area (Å²) in [5.74, 6) is 0.0300. The molecule has 0 radical (unpaired) electrons. The van der Waals surface area contributed by atoms with E-state index in [1.165, 1.54) is 22.5 Å². The third-order valence-electron chi connectivity index (χ3n) is 3.75. The van der Waals surface area contributed by atoms with Crippen molar-refractivity contribution in [2.24, 2.45) is 0 Å². The summed E-state index contributed by atoms with van der Waals surface area (Å²) in [4.78, 5) is 13.0. The molecule has 1 amide bonds. The van der Waals surface area contributed by atoms with Gasteiger partial charge in [0.1, 0.15) is 0 Å². The molecule has 3 rings (SSSR count). The molecule has 2 aromatic rings. The number of carbonyl (C=O) groups excluding carboxylic acids is 1. The summed E-state index contributed by atoms with van der Waals surface area (Å²) < 4.78 is 0. The molecular formula is C16H19ClN2OS. The SMILES string of the molecule is Cc1ccsc1C(=O)NCC1NCCc2ccccc21.Cl. The molecule has 1 aromatic heterocycles. The molecule has 0 aliphatic carbocycles. The van der Waals surface area contributed by atoms with Crippen molar-refractivity contribution in [3.8, 4) is 0 Å². The van der Waals surface area contributed by atoms with Crippen molar-refractivity contribution >= 4 is 29.7 Å². The lowest BCUT2D eigenvalue weighted by Gasteiger charge is -2.27. The molecule has 1 aliphatic heterocycles. The third kappa shape index (κ3) is 3.46. The highest BCUT2D eigenvalue weighted by Gasteiger charge is 2.20. The Labute approximate surface area is 135 Å². The van der Waals surface area contributed by atoms with E-state index in [0.717, 1.165) is 23.4 Å². The van der Waals surface area contributed by atoms with Crippen molar-refractivity contribution in [3.63, 3.8) is 0 Å². The number of benzene rings is 1. The molecule has 0 spiro atoms. The Morgan fingerprint density at radius 1 is 1.38 bits per heavy atom. The van der Waals surface area contributed by atoms with Crippen LogP contribution in [0.2, 0.25) is 0 Å². The minimum atomic E-state index is 0. The van der Waals surface area contributed by atoms with Crippen LogP contribution >= 0.6 is 23.7 Å². The maximum absolute atomic E-state index is 12.2. The summed E-state index contributed by atoms with van der Waals surface area (Å²) >= 11 is 1.50. The van der Waals surface area contributed by atoms with E-state index in [1.54, 1.807) is 0 Å². The highest BCUT2D eigenvalue weighted by atomic mass is 35.5. The fourth-order valence-electron chi connectivity index (χ4n) is 2.66. The van der Waals surface area contributed by atoms with Gasteiger partial charge in [-0.05, 0) is 48.0 Å². The lowest BCUT2D eigenvalue weighted by Crippen LogP contribution is -2.38. The molecule has 0 bridgehead atoms. The van der Waals surface area contributed by atoms with Crippen molar-refractivity contribution in [1.29, 1.82) is 0 Å². The van der Waals surface area contributed by atoms with Gasteiger partial charge in [-0.2, -0.15) is 0 Å². The molecular weight excluding hydrogens is 304 g/mol. The number of rotatable bonds is 3. The lowest BCUT2D eigenvalue weighted by molar-refractivity contribution is 0.0952. The summed E-state index contributed by atoms with van der Waals surface area (Å²) in [6.45, 7) is 3.57. The Bertz CT molecular complexity index is 626. The fraction of sp³-hybridized carbons (Fsp3) is 0.312. The molecule has 5 heteroatoms.